The summed E-state index contributed by atoms with van der Waals surface area (Å²) < 4.78 is 0.376. The minimum Gasteiger partial charge on any atom is -0.324 e. The molecule has 1 amide bonds. The molecule has 2 saturated carbocycles. The Hall–Kier alpha value is -0.220. The molecule has 1 N–H and O–H groups in total. The molecule has 0 spiro atoms. The van der Waals surface area contributed by atoms with Gasteiger partial charge in [-0.05, 0) is 50.2 Å². The second-order valence-electron chi connectivity index (χ2n) is 7.69. The molecule has 3 rings (SSSR count). The van der Waals surface area contributed by atoms with Gasteiger partial charge in [0.1, 0.15) is 0 Å². The van der Waals surface area contributed by atoms with Gasteiger partial charge < -0.3 is 4.90 Å². The summed E-state index contributed by atoms with van der Waals surface area (Å²) in [5.74, 6) is 1.63. The van der Waals surface area contributed by atoms with Crippen molar-refractivity contribution in [3.05, 3.63) is 0 Å². The van der Waals surface area contributed by atoms with Crippen LogP contribution in [0.2, 0.25) is 0 Å². The molecule has 4 heteroatoms. The lowest BCUT2D eigenvalue weighted by atomic mass is 10.0. The van der Waals surface area contributed by atoms with Crippen LogP contribution in [-0.4, -0.2) is 40.6 Å². The highest BCUT2D eigenvalue weighted by molar-refractivity contribution is 8.00. The number of rotatable bonds is 6. The van der Waals surface area contributed by atoms with E-state index >= 15 is 0 Å². The molecule has 2 unspecified atom stereocenters. The van der Waals surface area contributed by atoms with Gasteiger partial charge in [0, 0.05) is 11.3 Å². The molecule has 1 aliphatic heterocycles. The van der Waals surface area contributed by atoms with Crippen LogP contribution in [0.4, 0.5) is 0 Å². The van der Waals surface area contributed by atoms with E-state index in [-0.39, 0.29) is 6.04 Å². The van der Waals surface area contributed by atoms with Crippen LogP contribution in [0.3, 0.4) is 0 Å². The summed E-state index contributed by atoms with van der Waals surface area (Å²) in [4.78, 5) is 15.1. The minimum atomic E-state index is 0.0632. The van der Waals surface area contributed by atoms with Crippen molar-refractivity contribution >= 4 is 17.7 Å². The number of nitrogens with one attached hydrogen (secondary N) is 1. The lowest BCUT2D eigenvalue weighted by Crippen LogP contribution is -2.45. The molecule has 21 heavy (non-hydrogen) atoms. The molecule has 2 atom stereocenters. The molecule has 0 aromatic rings. The first-order valence-corrected chi connectivity index (χ1v) is 9.89. The Kier molecular flexibility index (Phi) is 4.56. The molecule has 0 bridgehead atoms. The highest BCUT2D eigenvalue weighted by Gasteiger charge is 2.50. The Labute approximate surface area is 133 Å². The lowest BCUT2D eigenvalue weighted by Gasteiger charge is -2.31. The average Bonchev–Trinajstić information content (AvgIpc) is 2.89. The van der Waals surface area contributed by atoms with E-state index < -0.39 is 0 Å². The quantitative estimate of drug-likeness (QED) is 0.817. The maximum absolute atomic E-state index is 12.9. The molecule has 0 radical (unpaired) electrons. The van der Waals surface area contributed by atoms with Crippen molar-refractivity contribution in [1.82, 2.24) is 10.2 Å². The third-order valence-corrected chi connectivity index (χ3v) is 6.94. The summed E-state index contributed by atoms with van der Waals surface area (Å²) in [6.45, 7) is 5.40. The summed E-state index contributed by atoms with van der Waals surface area (Å²) >= 11 is 1.97. The number of amides is 1. The van der Waals surface area contributed by atoms with Crippen LogP contribution in [0.15, 0.2) is 0 Å². The van der Waals surface area contributed by atoms with Crippen LogP contribution in [-0.2, 0) is 4.79 Å². The first kappa shape index (κ1) is 15.7. The van der Waals surface area contributed by atoms with Gasteiger partial charge in [0.15, 0.2) is 0 Å². The van der Waals surface area contributed by atoms with Crippen molar-refractivity contribution in [2.45, 2.75) is 75.7 Å². The third kappa shape index (κ3) is 3.26. The van der Waals surface area contributed by atoms with Crippen LogP contribution in [0.25, 0.3) is 0 Å². The van der Waals surface area contributed by atoms with Crippen LogP contribution >= 0.6 is 11.8 Å². The second-order valence-corrected chi connectivity index (χ2v) is 8.97. The maximum Gasteiger partial charge on any atom is 0.241 e. The molecule has 1 heterocycles. The fourth-order valence-electron chi connectivity index (χ4n) is 4.06. The number of hydrogen-bond donors (Lipinski definition) is 1. The van der Waals surface area contributed by atoms with Crippen LogP contribution in [0, 0.1) is 11.8 Å². The van der Waals surface area contributed by atoms with Crippen LogP contribution < -0.4 is 5.32 Å². The van der Waals surface area contributed by atoms with Crippen molar-refractivity contribution in [3.8, 4) is 0 Å². The Morgan fingerprint density at radius 3 is 2.52 bits per heavy atom. The van der Waals surface area contributed by atoms with Gasteiger partial charge in [0.25, 0.3) is 0 Å². The van der Waals surface area contributed by atoms with Crippen LogP contribution in [0.1, 0.15) is 58.8 Å². The van der Waals surface area contributed by atoms with Gasteiger partial charge in [0.2, 0.25) is 5.91 Å². The minimum absolute atomic E-state index is 0.0632. The summed E-state index contributed by atoms with van der Waals surface area (Å²) in [7, 11) is 0. The largest absolute Gasteiger partial charge is 0.324 e. The van der Waals surface area contributed by atoms with E-state index in [0.717, 1.165) is 13.0 Å². The monoisotopic (exact) mass is 310 g/mol. The van der Waals surface area contributed by atoms with Crippen molar-refractivity contribution in [1.29, 1.82) is 0 Å². The molecule has 2 aliphatic carbocycles. The number of nitrogens with zero attached hydrogens (tertiary/aromatic N) is 1. The zero-order valence-corrected chi connectivity index (χ0v) is 14.5. The molecule has 1 saturated heterocycles. The van der Waals surface area contributed by atoms with Crippen LogP contribution in [0.5, 0.6) is 0 Å². The van der Waals surface area contributed by atoms with E-state index in [0.29, 0.717) is 28.7 Å². The molecule has 0 aromatic heterocycles. The third-order valence-electron chi connectivity index (χ3n) is 5.54. The molecule has 0 aromatic carbocycles. The molecule has 120 valence electrons. The number of hydrogen-bond acceptors (Lipinski definition) is 3. The SMILES string of the molecule is CSC1(CN2C(=O)C(CC(C)C)NC2C2CCCC2)CC1. The van der Waals surface area contributed by atoms with E-state index in [1.807, 2.05) is 11.8 Å². The zero-order chi connectivity index (χ0) is 15.0. The Morgan fingerprint density at radius 2 is 2.00 bits per heavy atom. The first-order chi connectivity index (χ1) is 10.0. The van der Waals surface area contributed by atoms with Gasteiger partial charge in [-0.2, -0.15) is 11.8 Å². The van der Waals surface area contributed by atoms with Crippen molar-refractivity contribution in [2.24, 2.45) is 11.8 Å². The summed E-state index contributed by atoms with van der Waals surface area (Å²) in [6, 6.07) is 0.0632. The van der Waals surface area contributed by atoms with E-state index in [9.17, 15) is 4.79 Å². The maximum atomic E-state index is 12.9. The molecular weight excluding hydrogens is 280 g/mol. The molecule has 3 fully saturated rings. The zero-order valence-electron chi connectivity index (χ0n) is 13.7. The number of carbonyl (C=O) groups excluding carboxylic acids is 1. The summed E-state index contributed by atoms with van der Waals surface area (Å²) in [5.41, 5.74) is 0. The predicted molar refractivity (Wildman–Crippen MR) is 89.3 cm³/mol. The van der Waals surface area contributed by atoms with E-state index in [2.05, 4.69) is 30.3 Å². The second kappa shape index (κ2) is 6.11. The molecule has 3 aliphatic rings. The molecular formula is C17H30N2OS. The lowest BCUT2D eigenvalue weighted by molar-refractivity contribution is -0.131. The first-order valence-electron chi connectivity index (χ1n) is 8.66. The Bertz CT molecular complexity index is 388. The standard InChI is InChI=1S/C17H30N2OS/c1-12(2)10-14-16(20)19(11-17(21-3)8-9-17)15(18-14)13-6-4-5-7-13/h12-15,18H,4-11H2,1-3H3. The summed E-state index contributed by atoms with van der Waals surface area (Å²) in [5, 5.41) is 3.71. The van der Waals surface area contributed by atoms with Gasteiger partial charge >= 0.3 is 0 Å². The smallest absolute Gasteiger partial charge is 0.241 e. The number of thioether (sulfide) groups is 1. The van der Waals surface area contributed by atoms with Gasteiger partial charge in [0.05, 0.1) is 12.2 Å². The van der Waals surface area contributed by atoms with Gasteiger partial charge in [-0.25, -0.2) is 0 Å². The topological polar surface area (TPSA) is 32.3 Å². The average molecular weight is 311 g/mol. The van der Waals surface area contributed by atoms with Gasteiger partial charge in [-0.3, -0.25) is 10.1 Å². The van der Waals surface area contributed by atoms with Gasteiger partial charge in [-0.1, -0.05) is 26.7 Å². The normalized spacial score (nSPS) is 32.4. The van der Waals surface area contributed by atoms with Crippen molar-refractivity contribution in [3.63, 3.8) is 0 Å². The fourth-order valence-corrected chi connectivity index (χ4v) is 4.84. The number of carbonyl (C=O) groups is 1. The summed E-state index contributed by atoms with van der Waals surface area (Å²) in [6.07, 6.45) is 11.3. The van der Waals surface area contributed by atoms with E-state index in [4.69, 9.17) is 0 Å². The highest BCUT2D eigenvalue weighted by Crippen LogP contribution is 2.49. The van der Waals surface area contributed by atoms with E-state index in [1.165, 1.54) is 38.5 Å². The van der Waals surface area contributed by atoms with E-state index in [1.54, 1.807) is 0 Å². The van der Waals surface area contributed by atoms with Crippen molar-refractivity contribution in [2.75, 3.05) is 12.8 Å². The molecule has 3 nitrogen and oxygen atoms in total. The van der Waals surface area contributed by atoms with Crippen molar-refractivity contribution < 1.29 is 4.79 Å². The Morgan fingerprint density at radius 1 is 1.33 bits per heavy atom. The fraction of sp³-hybridized carbons (Fsp3) is 0.941. The highest BCUT2D eigenvalue weighted by atomic mass is 32.2. The van der Waals surface area contributed by atoms with Gasteiger partial charge in [-0.15, -0.1) is 0 Å². The Balaban J connectivity index is 1.73. The predicted octanol–water partition coefficient (Wildman–Crippen LogP) is 3.24.